The van der Waals surface area contributed by atoms with E-state index in [1.807, 2.05) is 24.3 Å². The molecule has 0 amide bonds. The number of benzene rings is 8. The van der Waals surface area contributed by atoms with E-state index >= 15 is 0 Å². The van der Waals surface area contributed by atoms with Crippen LogP contribution in [0.25, 0.3) is 115 Å². The molecule has 8 aromatic carbocycles. The molecule has 6 heteroatoms. The van der Waals surface area contributed by atoms with Crippen molar-refractivity contribution >= 4 is 86.0 Å². The summed E-state index contributed by atoms with van der Waals surface area (Å²) in [5, 5.41) is 9.29. The van der Waals surface area contributed by atoms with E-state index in [1.54, 1.807) is 11.3 Å². The number of para-hydroxylation sites is 3. The Morgan fingerprint density at radius 1 is 0.436 bits per heavy atom. The average molecular weight is 721 g/mol. The summed E-state index contributed by atoms with van der Waals surface area (Å²) in [5.74, 6) is 1.90. The van der Waals surface area contributed by atoms with Gasteiger partial charge in [-0.2, -0.15) is 0 Å². The number of aromatic nitrogens is 4. The van der Waals surface area contributed by atoms with Gasteiger partial charge in [-0.25, -0.2) is 15.0 Å². The number of thiophene rings is 1. The third kappa shape index (κ3) is 4.62. The Balaban J connectivity index is 1.22. The van der Waals surface area contributed by atoms with Gasteiger partial charge in [0.2, 0.25) is 0 Å². The minimum atomic E-state index is 0.629. The summed E-state index contributed by atoms with van der Waals surface area (Å²) in [5.41, 5.74) is 7.92. The summed E-state index contributed by atoms with van der Waals surface area (Å²) >= 11 is 1.78. The second-order valence-electron chi connectivity index (χ2n) is 14.0. The largest absolute Gasteiger partial charge is 0.456 e. The van der Waals surface area contributed by atoms with Gasteiger partial charge in [0.25, 0.3) is 0 Å². The predicted octanol–water partition coefficient (Wildman–Crippen LogP) is 13.4. The van der Waals surface area contributed by atoms with Gasteiger partial charge >= 0.3 is 0 Å². The van der Waals surface area contributed by atoms with Crippen molar-refractivity contribution < 1.29 is 4.42 Å². The molecule has 0 saturated heterocycles. The van der Waals surface area contributed by atoms with Crippen molar-refractivity contribution in [2.24, 2.45) is 0 Å². The molecule has 0 N–H and O–H groups in total. The third-order valence-corrected chi connectivity index (χ3v) is 12.0. The van der Waals surface area contributed by atoms with Crippen LogP contribution in [0.5, 0.6) is 0 Å². The molecule has 0 aliphatic rings. The molecule has 55 heavy (non-hydrogen) atoms. The lowest BCUT2D eigenvalue weighted by Crippen LogP contribution is -2.01. The third-order valence-electron chi connectivity index (χ3n) is 10.8. The molecule has 0 unspecified atom stereocenters. The number of nitrogens with zero attached hydrogens (tertiary/aromatic N) is 4. The minimum Gasteiger partial charge on any atom is -0.456 e. The van der Waals surface area contributed by atoms with Crippen LogP contribution in [0, 0.1) is 0 Å². The first-order chi connectivity index (χ1) is 27.2. The van der Waals surface area contributed by atoms with Gasteiger partial charge in [0.05, 0.1) is 11.0 Å². The van der Waals surface area contributed by atoms with Crippen molar-refractivity contribution in [2.75, 3.05) is 0 Å². The average Bonchev–Trinajstić information content (AvgIpc) is 3.93. The first kappa shape index (κ1) is 30.3. The zero-order valence-electron chi connectivity index (χ0n) is 29.3. The van der Waals surface area contributed by atoms with Crippen molar-refractivity contribution in [1.82, 2.24) is 19.5 Å². The van der Waals surface area contributed by atoms with E-state index in [1.165, 1.54) is 26.2 Å². The molecule has 0 atom stereocenters. The normalized spacial score (nSPS) is 12.0. The summed E-state index contributed by atoms with van der Waals surface area (Å²) in [4.78, 5) is 15.7. The molecule has 0 bridgehead atoms. The van der Waals surface area contributed by atoms with Gasteiger partial charge in [0.1, 0.15) is 11.2 Å². The van der Waals surface area contributed by atoms with Gasteiger partial charge in [-0.3, -0.25) is 0 Å². The van der Waals surface area contributed by atoms with Crippen LogP contribution < -0.4 is 0 Å². The van der Waals surface area contributed by atoms with Gasteiger partial charge in [-0.1, -0.05) is 121 Å². The fourth-order valence-corrected chi connectivity index (χ4v) is 9.54. The van der Waals surface area contributed by atoms with Crippen LogP contribution in [0.2, 0.25) is 0 Å². The molecule has 0 saturated carbocycles. The van der Waals surface area contributed by atoms with Crippen LogP contribution in [-0.2, 0) is 0 Å². The van der Waals surface area contributed by atoms with Gasteiger partial charge in [0, 0.05) is 64.1 Å². The van der Waals surface area contributed by atoms with E-state index in [9.17, 15) is 0 Å². The SMILES string of the molecule is c1ccc(-c2nc(-c3ccc4ccccc4c3)nc(-c3cc(-n4c5ccccc5c5ccccc54)cc4c3sc3ccc5oc6ccccc6c5c34)n2)cc1. The summed E-state index contributed by atoms with van der Waals surface area (Å²) in [6, 6.07) is 59.6. The summed E-state index contributed by atoms with van der Waals surface area (Å²) in [6.07, 6.45) is 0. The zero-order chi connectivity index (χ0) is 36.0. The monoisotopic (exact) mass is 720 g/mol. The number of hydrogen-bond donors (Lipinski definition) is 0. The van der Waals surface area contributed by atoms with Gasteiger partial charge in [-0.05, 0) is 59.3 Å². The topological polar surface area (TPSA) is 56.7 Å². The minimum absolute atomic E-state index is 0.629. The first-order valence-electron chi connectivity index (χ1n) is 18.4. The van der Waals surface area contributed by atoms with Crippen LogP contribution in [-0.4, -0.2) is 19.5 Å². The lowest BCUT2D eigenvalue weighted by Gasteiger charge is -2.13. The zero-order valence-corrected chi connectivity index (χ0v) is 30.1. The summed E-state index contributed by atoms with van der Waals surface area (Å²) < 4.78 is 11.1. The summed E-state index contributed by atoms with van der Waals surface area (Å²) in [6.45, 7) is 0. The lowest BCUT2D eigenvalue weighted by molar-refractivity contribution is 0.669. The highest BCUT2D eigenvalue weighted by molar-refractivity contribution is 7.26. The molecule has 0 radical (unpaired) electrons. The first-order valence-corrected chi connectivity index (χ1v) is 19.2. The summed E-state index contributed by atoms with van der Waals surface area (Å²) in [7, 11) is 0. The maximum Gasteiger partial charge on any atom is 0.165 e. The quantitative estimate of drug-likeness (QED) is 0.182. The van der Waals surface area contributed by atoms with Crippen molar-refractivity contribution in [3.8, 4) is 39.9 Å². The number of hydrogen-bond acceptors (Lipinski definition) is 5. The molecule has 256 valence electrons. The highest BCUT2D eigenvalue weighted by Gasteiger charge is 2.23. The Hall–Kier alpha value is -7.15. The maximum atomic E-state index is 6.44. The standard InChI is InChI=1S/C49H28N4OS/c1-2-13-30(14-3-1)47-50-48(32-23-22-29-12-4-5-15-31(29)26-32)52-49(51-47)38-28-33(53-39-19-9-6-16-34(39)35-17-7-10-20-40(35)53)27-37-45-43(55-46(37)38)25-24-42-44(45)36-18-8-11-21-41(36)54-42/h1-28H. The second kappa shape index (κ2) is 11.7. The van der Waals surface area contributed by atoms with Crippen LogP contribution in [0.1, 0.15) is 0 Å². The molecular weight excluding hydrogens is 693 g/mol. The van der Waals surface area contributed by atoms with Gasteiger partial charge < -0.3 is 8.98 Å². The van der Waals surface area contributed by atoms with E-state index in [4.69, 9.17) is 19.4 Å². The van der Waals surface area contributed by atoms with E-state index in [0.717, 1.165) is 70.8 Å². The highest BCUT2D eigenvalue weighted by atomic mass is 32.1. The fraction of sp³-hybridized carbons (Fsp3) is 0. The second-order valence-corrected chi connectivity index (χ2v) is 15.0. The van der Waals surface area contributed by atoms with Gasteiger partial charge in [-0.15, -0.1) is 11.3 Å². The molecule has 12 aromatic rings. The lowest BCUT2D eigenvalue weighted by atomic mass is 10.0. The Morgan fingerprint density at radius 3 is 1.89 bits per heavy atom. The van der Waals surface area contributed by atoms with Crippen LogP contribution in [0.15, 0.2) is 174 Å². The predicted molar refractivity (Wildman–Crippen MR) is 228 cm³/mol. The van der Waals surface area contributed by atoms with Gasteiger partial charge in [0.15, 0.2) is 17.5 Å². The Bertz CT molecular complexity index is 3450. The van der Waals surface area contributed by atoms with E-state index in [-0.39, 0.29) is 0 Å². The van der Waals surface area contributed by atoms with Crippen LogP contribution in [0.3, 0.4) is 0 Å². The molecule has 0 aliphatic carbocycles. The Morgan fingerprint density at radius 2 is 1.09 bits per heavy atom. The molecule has 5 nitrogen and oxygen atoms in total. The smallest absolute Gasteiger partial charge is 0.165 e. The molecule has 4 aromatic heterocycles. The van der Waals surface area contributed by atoms with E-state index < -0.39 is 0 Å². The molecule has 4 heterocycles. The number of furan rings is 1. The van der Waals surface area contributed by atoms with Crippen molar-refractivity contribution in [3.05, 3.63) is 170 Å². The number of rotatable bonds is 4. The molecule has 0 spiro atoms. The van der Waals surface area contributed by atoms with E-state index in [2.05, 4.69) is 150 Å². The molecule has 0 aliphatic heterocycles. The fourth-order valence-electron chi connectivity index (χ4n) is 8.34. The van der Waals surface area contributed by atoms with Crippen molar-refractivity contribution in [1.29, 1.82) is 0 Å². The van der Waals surface area contributed by atoms with E-state index in [0.29, 0.717) is 17.5 Å². The van der Waals surface area contributed by atoms with Crippen LogP contribution >= 0.6 is 11.3 Å². The highest BCUT2D eigenvalue weighted by Crippen LogP contribution is 2.47. The van der Waals surface area contributed by atoms with Crippen molar-refractivity contribution in [3.63, 3.8) is 0 Å². The van der Waals surface area contributed by atoms with Crippen molar-refractivity contribution in [2.45, 2.75) is 0 Å². The Kier molecular flexibility index (Phi) is 6.44. The Labute approximate surface area is 318 Å². The molecule has 0 fully saturated rings. The number of fused-ring (bicyclic) bond motifs is 11. The molecular formula is C49H28N4OS. The maximum absolute atomic E-state index is 6.44. The molecule has 12 rings (SSSR count). The van der Waals surface area contributed by atoms with Crippen LogP contribution in [0.4, 0.5) is 0 Å².